The van der Waals surface area contributed by atoms with Gasteiger partial charge in [0.2, 0.25) is 0 Å². The molecule has 1 saturated heterocycles. The molecule has 0 spiro atoms. The standard InChI is InChI=1S/C25H30F3N7O2/c1-5-17-14-35(21-11-23(36)32(4)22-15-33(10-9-29)31-24(21)22)18(6-2)13-34(17)16(3)20-8-7-19(12-30-20)37-25(26,27)28/h7-8,11-12,15-18H,5-6,10,13-14H2,1-4H3/t16?,17-,18+/m1/s1. The molecule has 0 saturated carbocycles. The second-order valence-electron chi connectivity index (χ2n) is 9.26. The highest BCUT2D eigenvalue weighted by molar-refractivity contribution is 5.88. The maximum atomic E-state index is 12.8. The van der Waals surface area contributed by atoms with Gasteiger partial charge in [-0.15, -0.1) is 13.2 Å². The molecule has 1 aliphatic heterocycles. The van der Waals surface area contributed by atoms with E-state index in [1.165, 1.54) is 10.6 Å². The molecule has 4 rings (SSSR count). The van der Waals surface area contributed by atoms with Crippen molar-refractivity contribution in [3.8, 4) is 11.8 Å². The zero-order chi connectivity index (χ0) is 26.9. The van der Waals surface area contributed by atoms with Gasteiger partial charge in [0.15, 0.2) is 0 Å². The largest absolute Gasteiger partial charge is 0.573 e. The Hall–Kier alpha value is -3.59. The number of aryl methyl sites for hydroxylation is 1. The number of anilines is 1. The summed E-state index contributed by atoms with van der Waals surface area (Å²) in [5, 5.41) is 13.7. The molecule has 3 aromatic rings. The third-order valence-corrected chi connectivity index (χ3v) is 7.08. The number of nitriles is 1. The van der Waals surface area contributed by atoms with E-state index in [-0.39, 0.29) is 36.0 Å². The van der Waals surface area contributed by atoms with Crippen molar-refractivity contribution < 1.29 is 17.9 Å². The Morgan fingerprint density at radius 2 is 1.95 bits per heavy atom. The molecule has 0 aliphatic carbocycles. The van der Waals surface area contributed by atoms with Crippen molar-refractivity contribution in [1.82, 2.24) is 24.2 Å². The Morgan fingerprint density at radius 1 is 1.22 bits per heavy atom. The molecule has 3 atom stereocenters. The molecule has 1 aliphatic rings. The second-order valence-corrected chi connectivity index (χ2v) is 9.26. The number of piperazine rings is 1. The zero-order valence-electron chi connectivity index (χ0n) is 21.2. The molecule has 0 aromatic carbocycles. The van der Waals surface area contributed by atoms with Crippen LogP contribution in [0.1, 0.15) is 45.3 Å². The van der Waals surface area contributed by atoms with Crippen LogP contribution in [-0.4, -0.2) is 55.8 Å². The second kappa shape index (κ2) is 10.4. The predicted octanol–water partition coefficient (Wildman–Crippen LogP) is 3.99. The van der Waals surface area contributed by atoms with Gasteiger partial charge in [0, 0.05) is 44.3 Å². The predicted molar refractivity (Wildman–Crippen MR) is 132 cm³/mol. The van der Waals surface area contributed by atoms with Crippen molar-refractivity contribution in [2.24, 2.45) is 7.05 Å². The summed E-state index contributed by atoms with van der Waals surface area (Å²) in [5.74, 6) is -0.350. The molecule has 3 aromatic heterocycles. The minimum Gasteiger partial charge on any atom is -0.404 e. The lowest BCUT2D eigenvalue weighted by Crippen LogP contribution is -2.58. The lowest BCUT2D eigenvalue weighted by Gasteiger charge is -2.49. The minimum absolute atomic E-state index is 0.0644. The molecule has 4 heterocycles. The summed E-state index contributed by atoms with van der Waals surface area (Å²) < 4.78 is 44.6. The molecule has 0 N–H and O–H groups in total. The monoisotopic (exact) mass is 517 g/mol. The average molecular weight is 518 g/mol. The molecule has 9 nitrogen and oxygen atoms in total. The van der Waals surface area contributed by atoms with Gasteiger partial charge in [0.25, 0.3) is 5.56 Å². The molecular formula is C25H30F3N7O2. The number of nitrogens with zero attached hydrogens (tertiary/aromatic N) is 7. The topological polar surface area (TPSA) is 92.2 Å². The van der Waals surface area contributed by atoms with E-state index in [0.717, 1.165) is 24.7 Å². The number of rotatable bonds is 7. The van der Waals surface area contributed by atoms with Gasteiger partial charge in [-0.1, -0.05) is 13.8 Å². The lowest BCUT2D eigenvalue weighted by atomic mass is 9.98. The quantitative estimate of drug-likeness (QED) is 0.468. The van der Waals surface area contributed by atoms with Crippen LogP contribution in [-0.2, 0) is 13.6 Å². The first-order valence-corrected chi connectivity index (χ1v) is 12.2. The smallest absolute Gasteiger partial charge is 0.404 e. The van der Waals surface area contributed by atoms with Gasteiger partial charge >= 0.3 is 6.36 Å². The fraction of sp³-hybridized carbons (Fsp3) is 0.520. The molecule has 12 heteroatoms. The first kappa shape index (κ1) is 26.5. The van der Waals surface area contributed by atoms with Crippen molar-refractivity contribution in [3.05, 3.63) is 46.6 Å². The summed E-state index contributed by atoms with van der Waals surface area (Å²) in [5.41, 5.74) is 2.60. The highest BCUT2D eigenvalue weighted by atomic mass is 19.4. The summed E-state index contributed by atoms with van der Waals surface area (Å²) in [6.07, 6.45) is -0.314. The Kier molecular flexibility index (Phi) is 7.45. The Morgan fingerprint density at radius 3 is 2.54 bits per heavy atom. The number of fused-ring (bicyclic) bond motifs is 1. The molecule has 0 amide bonds. The highest BCUT2D eigenvalue weighted by Gasteiger charge is 2.37. The number of alkyl halides is 3. The summed E-state index contributed by atoms with van der Waals surface area (Å²) >= 11 is 0. The third kappa shape index (κ3) is 5.41. The Balaban J connectivity index is 1.64. The fourth-order valence-corrected chi connectivity index (χ4v) is 5.07. The molecule has 1 unspecified atom stereocenters. The molecule has 0 bridgehead atoms. The van der Waals surface area contributed by atoms with Crippen LogP contribution >= 0.6 is 0 Å². The summed E-state index contributed by atoms with van der Waals surface area (Å²) in [6.45, 7) is 7.57. The summed E-state index contributed by atoms with van der Waals surface area (Å²) in [4.78, 5) is 21.6. The third-order valence-electron chi connectivity index (χ3n) is 7.08. The van der Waals surface area contributed by atoms with E-state index >= 15 is 0 Å². The van der Waals surface area contributed by atoms with Crippen LogP contribution in [0.5, 0.6) is 5.75 Å². The zero-order valence-corrected chi connectivity index (χ0v) is 21.2. The van der Waals surface area contributed by atoms with Crippen molar-refractivity contribution in [2.75, 3.05) is 18.0 Å². The number of ether oxygens (including phenoxy) is 1. The number of aromatic nitrogens is 4. The first-order chi connectivity index (χ1) is 17.6. The van der Waals surface area contributed by atoms with E-state index in [1.54, 1.807) is 30.1 Å². The van der Waals surface area contributed by atoms with Crippen LogP contribution in [0.3, 0.4) is 0 Å². The maximum absolute atomic E-state index is 12.8. The van der Waals surface area contributed by atoms with E-state index < -0.39 is 6.36 Å². The SMILES string of the molecule is CC[C@H]1CN(C(C)c2ccc(OC(F)(F)F)cn2)[C@H](CC)CN1c1cc(=O)n(C)c2cn(CC#N)nc12. The van der Waals surface area contributed by atoms with Gasteiger partial charge in [0.05, 0.1) is 35.4 Å². The fourth-order valence-electron chi connectivity index (χ4n) is 5.07. The van der Waals surface area contributed by atoms with Crippen molar-refractivity contribution in [3.63, 3.8) is 0 Å². The number of halogens is 3. The van der Waals surface area contributed by atoms with Crippen molar-refractivity contribution in [2.45, 2.75) is 64.6 Å². The average Bonchev–Trinajstić information content (AvgIpc) is 3.29. The first-order valence-electron chi connectivity index (χ1n) is 12.2. The van der Waals surface area contributed by atoms with Gasteiger partial charge in [0.1, 0.15) is 17.8 Å². The van der Waals surface area contributed by atoms with Crippen LogP contribution in [0.25, 0.3) is 11.0 Å². The molecule has 198 valence electrons. The normalized spacial score (nSPS) is 19.7. The highest BCUT2D eigenvalue weighted by Crippen LogP contribution is 2.34. The van der Waals surface area contributed by atoms with Crippen LogP contribution in [0.15, 0.2) is 35.4 Å². The molecular weight excluding hydrogens is 487 g/mol. The van der Waals surface area contributed by atoms with E-state index in [4.69, 9.17) is 5.26 Å². The van der Waals surface area contributed by atoms with Gasteiger partial charge < -0.3 is 14.2 Å². The van der Waals surface area contributed by atoms with E-state index in [2.05, 4.69) is 44.5 Å². The maximum Gasteiger partial charge on any atom is 0.573 e. The Bertz CT molecular complexity index is 1340. The number of pyridine rings is 2. The molecule has 37 heavy (non-hydrogen) atoms. The van der Waals surface area contributed by atoms with Gasteiger partial charge in [-0.25, -0.2) is 0 Å². The van der Waals surface area contributed by atoms with Gasteiger partial charge in [-0.2, -0.15) is 10.4 Å². The van der Waals surface area contributed by atoms with E-state index in [0.29, 0.717) is 29.8 Å². The molecule has 0 radical (unpaired) electrons. The summed E-state index contributed by atoms with van der Waals surface area (Å²) in [6, 6.07) is 6.58. The van der Waals surface area contributed by atoms with Crippen LogP contribution in [0.2, 0.25) is 0 Å². The van der Waals surface area contributed by atoms with E-state index in [9.17, 15) is 18.0 Å². The summed E-state index contributed by atoms with van der Waals surface area (Å²) in [7, 11) is 1.69. The Labute approximate surface area is 212 Å². The van der Waals surface area contributed by atoms with E-state index in [1.807, 2.05) is 6.92 Å². The van der Waals surface area contributed by atoms with Crippen LogP contribution in [0, 0.1) is 11.3 Å². The lowest BCUT2D eigenvalue weighted by molar-refractivity contribution is -0.274. The molecule has 1 fully saturated rings. The van der Waals surface area contributed by atoms with Gasteiger partial charge in [-0.3, -0.25) is 19.4 Å². The van der Waals surface area contributed by atoms with Gasteiger partial charge in [-0.05, 0) is 31.9 Å². The van der Waals surface area contributed by atoms with Crippen LogP contribution in [0.4, 0.5) is 18.9 Å². The van der Waals surface area contributed by atoms with Crippen molar-refractivity contribution in [1.29, 1.82) is 5.26 Å². The van der Waals surface area contributed by atoms with Crippen molar-refractivity contribution >= 4 is 16.7 Å². The van der Waals surface area contributed by atoms with Crippen LogP contribution < -0.4 is 15.2 Å². The minimum atomic E-state index is -4.76. The number of hydrogen-bond acceptors (Lipinski definition) is 7. The number of hydrogen-bond donors (Lipinski definition) is 0.